The van der Waals surface area contributed by atoms with Crippen LogP contribution in [0.4, 0.5) is 5.88 Å². The van der Waals surface area contributed by atoms with E-state index in [1.54, 1.807) is 13.8 Å². The van der Waals surface area contributed by atoms with Crippen molar-refractivity contribution in [2.45, 2.75) is 27.2 Å². The first-order valence-corrected chi connectivity index (χ1v) is 9.09. The smallest absolute Gasteiger partial charge is 0.344 e. The zero-order valence-electron chi connectivity index (χ0n) is 14.7. The summed E-state index contributed by atoms with van der Waals surface area (Å²) in [4.78, 5) is 42.9. The number of nitrogens with one attached hydrogen (secondary N) is 1. The van der Waals surface area contributed by atoms with Gasteiger partial charge in [0, 0.05) is 12.2 Å². The number of anilines is 1. The molecule has 0 unspecified atom stereocenters. The Morgan fingerprint density at radius 1 is 1.38 bits per heavy atom. The van der Waals surface area contributed by atoms with E-state index in [0.29, 0.717) is 6.54 Å². The second-order valence-corrected chi connectivity index (χ2v) is 6.62. The molecule has 0 aliphatic carbocycles. The molecule has 1 aromatic rings. The van der Waals surface area contributed by atoms with Gasteiger partial charge in [-0.15, -0.1) is 0 Å². The molecule has 9 heteroatoms. The van der Waals surface area contributed by atoms with E-state index < -0.39 is 5.97 Å². The van der Waals surface area contributed by atoms with Gasteiger partial charge in [-0.05, 0) is 26.2 Å². The van der Waals surface area contributed by atoms with Crippen LogP contribution in [0.15, 0.2) is 20.5 Å². The van der Waals surface area contributed by atoms with Crippen molar-refractivity contribution in [2.24, 2.45) is 4.99 Å². The van der Waals surface area contributed by atoms with Crippen LogP contribution in [-0.2, 0) is 9.53 Å². The number of nitrogens with zero attached hydrogens (tertiary/aromatic N) is 2. The topological polar surface area (TPSA) is 101 Å². The quantitative estimate of drug-likeness (QED) is 0.600. The number of carbonyl (C=O) groups is 3. The minimum absolute atomic E-state index is 0.0385. The van der Waals surface area contributed by atoms with Gasteiger partial charge in [-0.3, -0.25) is 19.9 Å². The number of thioether (sulfide) groups is 1. The molecule has 0 bridgehead atoms. The number of furan rings is 1. The zero-order chi connectivity index (χ0) is 18.8. The van der Waals surface area contributed by atoms with Gasteiger partial charge in [-0.2, -0.15) is 0 Å². The number of hydrogen-bond donors (Lipinski definition) is 1. The van der Waals surface area contributed by atoms with E-state index in [1.807, 2.05) is 10.3 Å². The molecule has 2 aliphatic rings. The van der Waals surface area contributed by atoms with Gasteiger partial charge in [0.1, 0.15) is 11.3 Å². The number of amides is 1. The van der Waals surface area contributed by atoms with Gasteiger partial charge in [0.05, 0.1) is 25.1 Å². The Morgan fingerprint density at radius 3 is 2.85 bits per heavy atom. The minimum atomic E-state index is -0.700. The van der Waals surface area contributed by atoms with Gasteiger partial charge in [-0.25, -0.2) is 4.79 Å². The van der Waals surface area contributed by atoms with Crippen LogP contribution in [0.25, 0.3) is 0 Å². The largest absolute Gasteiger partial charge is 0.462 e. The van der Waals surface area contributed by atoms with Crippen LogP contribution < -0.4 is 5.32 Å². The van der Waals surface area contributed by atoms with Crippen LogP contribution >= 0.6 is 11.8 Å². The number of fused-ring (bicyclic) bond motifs is 1. The average molecular weight is 377 g/mol. The fraction of sp³-hybridized carbons (Fsp3) is 0.412. The van der Waals surface area contributed by atoms with E-state index in [2.05, 4.69) is 10.3 Å². The van der Waals surface area contributed by atoms with Crippen molar-refractivity contribution in [1.29, 1.82) is 0 Å². The van der Waals surface area contributed by atoms with Crippen molar-refractivity contribution in [2.75, 3.05) is 25.0 Å². The zero-order valence-corrected chi connectivity index (χ0v) is 15.6. The minimum Gasteiger partial charge on any atom is -0.462 e. The summed E-state index contributed by atoms with van der Waals surface area (Å²) in [6.07, 6.45) is 0.115. The van der Waals surface area contributed by atoms with Gasteiger partial charge in [-0.1, -0.05) is 11.8 Å². The van der Waals surface area contributed by atoms with Crippen LogP contribution in [0.2, 0.25) is 0 Å². The SMILES string of the molecule is CCOC(=O)c1c(NC(=O)CC2=CSC3=NCCN23)oc(C)c1C(C)=O. The molecule has 0 aromatic carbocycles. The Morgan fingerprint density at radius 2 is 2.15 bits per heavy atom. The molecule has 1 aromatic heterocycles. The number of amidine groups is 1. The van der Waals surface area contributed by atoms with Crippen molar-refractivity contribution >= 4 is 40.5 Å². The third-order valence-corrected chi connectivity index (χ3v) is 4.91. The van der Waals surface area contributed by atoms with E-state index in [-0.39, 0.29) is 47.5 Å². The van der Waals surface area contributed by atoms with Crippen LogP contribution in [0, 0.1) is 6.92 Å². The monoisotopic (exact) mass is 377 g/mol. The summed E-state index contributed by atoms with van der Waals surface area (Å²) in [6, 6.07) is 0. The predicted molar refractivity (Wildman–Crippen MR) is 97.3 cm³/mol. The third kappa shape index (κ3) is 3.39. The molecule has 0 saturated carbocycles. The molecule has 8 nitrogen and oxygen atoms in total. The predicted octanol–water partition coefficient (Wildman–Crippen LogP) is 2.56. The lowest BCUT2D eigenvalue weighted by atomic mass is 10.1. The first-order valence-electron chi connectivity index (χ1n) is 8.21. The first kappa shape index (κ1) is 18.2. The molecule has 0 saturated heterocycles. The summed E-state index contributed by atoms with van der Waals surface area (Å²) < 4.78 is 10.5. The number of Topliss-reactive ketones (excluding diaryl/α,β-unsaturated/α-hetero) is 1. The molecule has 2 aliphatic heterocycles. The fourth-order valence-corrected chi connectivity index (χ4v) is 3.86. The maximum absolute atomic E-state index is 12.5. The van der Waals surface area contributed by atoms with Gasteiger partial charge in [0.15, 0.2) is 11.0 Å². The Balaban J connectivity index is 1.79. The Kier molecular flexibility index (Phi) is 5.17. The van der Waals surface area contributed by atoms with Crippen molar-refractivity contribution in [3.05, 3.63) is 28.0 Å². The van der Waals surface area contributed by atoms with Crippen LogP contribution in [-0.4, -0.2) is 47.4 Å². The highest BCUT2D eigenvalue weighted by Crippen LogP contribution is 2.32. The molecule has 138 valence electrons. The summed E-state index contributed by atoms with van der Waals surface area (Å²) in [5.41, 5.74) is 0.934. The Hall–Kier alpha value is -2.55. The molecule has 0 atom stereocenters. The van der Waals surface area contributed by atoms with E-state index in [0.717, 1.165) is 17.4 Å². The molecule has 26 heavy (non-hydrogen) atoms. The molecular weight excluding hydrogens is 358 g/mol. The summed E-state index contributed by atoms with van der Waals surface area (Å²) in [5, 5.41) is 5.38. The Bertz CT molecular complexity index is 840. The summed E-state index contributed by atoms with van der Waals surface area (Å²) in [7, 11) is 0. The van der Waals surface area contributed by atoms with Crippen molar-refractivity contribution in [1.82, 2.24) is 4.90 Å². The second-order valence-electron chi connectivity index (χ2n) is 5.78. The van der Waals surface area contributed by atoms with E-state index in [4.69, 9.17) is 9.15 Å². The Labute approximate surface area is 154 Å². The standard InChI is InChI=1S/C17H19N3O5S/c1-4-24-16(23)14-13(9(2)21)10(3)25-15(14)19-12(22)7-11-8-26-17-18-5-6-20(11)17/h8H,4-7H2,1-3H3,(H,19,22). The normalized spacial score (nSPS) is 15.4. The number of esters is 1. The van der Waals surface area contributed by atoms with Gasteiger partial charge in [0.25, 0.3) is 0 Å². The first-order chi connectivity index (χ1) is 12.4. The van der Waals surface area contributed by atoms with Crippen LogP contribution in [0.3, 0.4) is 0 Å². The van der Waals surface area contributed by atoms with E-state index in [9.17, 15) is 14.4 Å². The molecule has 1 N–H and O–H groups in total. The highest BCUT2D eigenvalue weighted by Gasteiger charge is 2.31. The van der Waals surface area contributed by atoms with Crippen molar-refractivity contribution in [3.8, 4) is 0 Å². The molecule has 3 heterocycles. The van der Waals surface area contributed by atoms with E-state index in [1.165, 1.54) is 18.7 Å². The fourth-order valence-electron chi connectivity index (χ4n) is 2.91. The second kappa shape index (κ2) is 7.36. The molecule has 3 rings (SSSR count). The van der Waals surface area contributed by atoms with Crippen LogP contribution in [0.1, 0.15) is 46.7 Å². The number of aryl methyl sites for hydroxylation is 1. The maximum Gasteiger partial charge on any atom is 0.344 e. The molecule has 0 fully saturated rings. The van der Waals surface area contributed by atoms with Gasteiger partial charge < -0.3 is 14.1 Å². The van der Waals surface area contributed by atoms with Gasteiger partial charge >= 0.3 is 5.97 Å². The summed E-state index contributed by atoms with van der Waals surface area (Å²) in [6.45, 7) is 6.18. The summed E-state index contributed by atoms with van der Waals surface area (Å²) >= 11 is 1.49. The average Bonchev–Trinajstić information content (AvgIpc) is 3.23. The highest BCUT2D eigenvalue weighted by atomic mass is 32.2. The molecular formula is C17H19N3O5S. The van der Waals surface area contributed by atoms with Gasteiger partial charge in [0.2, 0.25) is 11.8 Å². The number of ketones is 1. The lowest BCUT2D eigenvalue weighted by Crippen LogP contribution is -2.24. The van der Waals surface area contributed by atoms with Crippen molar-refractivity contribution in [3.63, 3.8) is 0 Å². The summed E-state index contributed by atoms with van der Waals surface area (Å²) in [5.74, 6) is -1.17. The van der Waals surface area contributed by atoms with Crippen molar-refractivity contribution < 1.29 is 23.5 Å². The number of carbonyl (C=O) groups excluding carboxylic acids is 3. The van der Waals surface area contributed by atoms with E-state index >= 15 is 0 Å². The molecule has 1 amide bonds. The third-order valence-electron chi connectivity index (χ3n) is 3.96. The number of ether oxygens (including phenoxy) is 1. The molecule has 0 spiro atoms. The number of hydrogen-bond acceptors (Lipinski definition) is 8. The highest BCUT2D eigenvalue weighted by molar-refractivity contribution is 8.16. The molecule has 0 radical (unpaired) electrons. The number of rotatable bonds is 6. The van der Waals surface area contributed by atoms with Crippen LogP contribution in [0.5, 0.6) is 0 Å². The lowest BCUT2D eigenvalue weighted by molar-refractivity contribution is -0.115. The number of aliphatic imine (C=N–C) groups is 1. The lowest BCUT2D eigenvalue weighted by Gasteiger charge is -2.15. The maximum atomic E-state index is 12.5.